The summed E-state index contributed by atoms with van der Waals surface area (Å²) in [6.07, 6.45) is 3.84. The van der Waals surface area contributed by atoms with E-state index in [2.05, 4.69) is 10.3 Å². The van der Waals surface area contributed by atoms with E-state index in [4.69, 9.17) is 4.98 Å². The topological polar surface area (TPSA) is 42.7 Å². The molecule has 0 radical (unpaired) electrons. The van der Waals surface area contributed by atoms with Crippen LogP contribution in [-0.2, 0) is 6.42 Å². The maximum Gasteiger partial charge on any atom is 0.164 e. The number of nitrogens with one attached hydrogen (secondary N) is 1. The number of halogens is 1. The number of hydrogen-bond donors (Lipinski definition) is 1. The largest absolute Gasteiger partial charge is 0.316 e. The quantitative estimate of drug-likeness (QED) is 0.808. The van der Waals surface area contributed by atoms with Crippen LogP contribution in [0.25, 0.3) is 16.9 Å². The molecule has 3 heterocycles. The number of benzene rings is 1. The van der Waals surface area contributed by atoms with Crippen LogP contribution in [0.5, 0.6) is 0 Å². The smallest absolute Gasteiger partial charge is 0.164 e. The number of imidazole rings is 1. The lowest BCUT2D eigenvalue weighted by Crippen LogP contribution is -2.13. The highest BCUT2D eigenvalue weighted by atomic mass is 19.1. The van der Waals surface area contributed by atoms with Gasteiger partial charge in [0.25, 0.3) is 0 Å². The molecular formula is C17H17FN4. The summed E-state index contributed by atoms with van der Waals surface area (Å²) < 4.78 is 15.3. The van der Waals surface area contributed by atoms with Crippen LogP contribution in [0.3, 0.4) is 0 Å². The molecule has 1 unspecified atom stereocenters. The SMILES string of the molecule is Fc1ccc(-n2c(CC3CCNC3)nc3cccnc32)cc1. The molecule has 4 rings (SSSR count). The minimum absolute atomic E-state index is 0.234. The lowest BCUT2D eigenvalue weighted by Gasteiger charge is -2.11. The molecule has 5 heteroatoms. The molecule has 0 bridgehead atoms. The lowest BCUT2D eigenvalue weighted by molar-refractivity contribution is 0.558. The summed E-state index contributed by atoms with van der Waals surface area (Å²) in [6, 6.07) is 10.4. The maximum absolute atomic E-state index is 13.2. The predicted molar refractivity (Wildman–Crippen MR) is 83.5 cm³/mol. The van der Waals surface area contributed by atoms with Crippen LogP contribution in [0.15, 0.2) is 42.6 Å². The van der Waals surface area contributed by atoms with Crippen LogP contribution < -0.4 is 5.32 Å². The Morgan fingerprint density at radius 2 is 2.09 bits per heavy atom. The van der Waals surface area contributed by atoms with Gasteiger partial charge in [0.05, 0.1) is 0 Å². The molecule has 1 saturated heterocycles. The van der Waals surface area contributed by atoms with E-state index in [1.807, 2.05) is 16.7 Å². The fourth-order valence-electron chi connectivity index (χ4n) is 3.10. The molecule has 0 aliphatic carbocycles. The molecule has 1 aromatic carbocycles. The van der Waals surface area contributed by atoms with E-state index in [-0.39, 0.29) is 5.82 Å². The Balaban J connectivity index is 1.83. The third-order valence-electron chi connectivity index (χ3n) is 4.20. The van der Waals surface area contributed by atoms with Gasteiger partial charge in [0.15, 0.2) is 5.65 Å². The van der Waals surface area contributed by atoms with Crippen molar-refractivity contribution in [3.05, 3.63) is 54.2 Å². The highest BCUT2D eigenvalue weighted by Gasteiger charge is 2.20. The maximum atomic E-state index is 13.2. The highest BCUT2D eigenvalue weighted by molar-refractivity contribution is 5.73. The third kappa shape index (κ3) is 2.37. The van der Waals surface area contributed by atoms with Gasteiger partial charge in [-0.05, 0) is 61.8 Å². The molecule has 2 aromatic heterocycles. The van der Waals surface area contributed by atoms with Crippen LogP contribution in [0, 0.1) is 11.7 Å². The summed E-state index contributed by atoms with van der Waals surface area (Å²) in [5, 5.41) is 3.39. The number of fused-ring (bicyclic) bond motifs is 1. The van der Waals surface area contributed by atoms with Crippen molar-refractivity contribution in [2.45, 2.75) is 12.8 Å². The van der Waals surface area contributed by atoms with Crippen LogP contribution >= 0.6 is 0 Å². The summed E-state index contributed by atoms with van der Waals surface area (Å²) in [5.74, 6) is 1.35. The normalized spacial score (nSPS) is 18.1. The Kier molecular flexibility index (Phi) is 3.35. The van der Waals surface area contributed by atoms with Gasteiger partial charge >= 0.3 is 0 Å². The second kappa shape index (κ2) is 5.50. The van der Waals surface area contributed by atoms with Crippen LogP contribution in [0.1, 0.15) is 12.2 Å². The van der Waals surface area contributed by atoms with E-state index in [0.717, 1.165) is 42.2 Å². The van der Waals surface area contributed by atoms with Gasteiger partial charge in [0.1, 0.15) is 17.2 Å². The zero-order valence-corrected chi connectivity index (χ0v) is 12.2. The Bertz CT molecular complexity index is 788. The zero-order valence-electron chi connectivity index (χ0n) is 12.2. The van der Waals surface area contributed by atoms with Crippen molar-refractivity contribution in [1.29, 1.82) is 0 Å². The van der Waals surface area contributed by atoms with E-state index in [0.29, 0.717) is 5.92 Å². The average molecular weight is 296 g/mol. The van der Waals surface area contributed by atoms with Gasteiger partial charge < -0.3 is 5.32 Å². The number of pyridine rings is 1. The van der Waals surface area contributed by atoms with Gasteiger partial charge in [-0.25, -0.2) is 14.4 Å². The third-order valence-corrected chi connectivity index (χ3v) is 4.20. The molecule has 1 aliphatic rings. The zero-order chi connectivity index (χ0) is 14.9. The predicted octanol–water partition coefficient (Wildman–Crippen LogP) is 2.71. The van der Waals surface area contributed by atoms with E-state index in [9.17, 15) is 4.39 Å². The summed E-state index contributed by atoms with van der Waals surface area (Å²) in [6.45, 7) is 2.10. The van der Waals surface area contributed by atoms with Crippen molar-refractivity contribution in [2.24, 2.45) is 5.92 Å². The van der Waals surface area contributed by atoms with Crippen molar-refractivity contribution in [1.82, 2.24) is 19.9 Å². The molecular weight excluding hydrogens is 279 g/mol. The first kappa shape index (κ1) is 13.4. The summed E-state index contributed by atoms with van der Waals surface area (Å²) in [7, 11) is 0. The summed E-state index contributed by atoms with van der Waals surface area (Å²) >= 11 is 0. The minimum atomic E-state index is -0.234. The molecule has 1 atom stereocenters. The van der Waals surface area contributed by atoms with Gasteiger partial charge in [-0.3, -0.25) is 4.57 Å². The second-order valence-electron chi connectivity index (χ2n) is 5.75. The first-order valence-electron chi connectivity index (χ1n) is 7.60. The molecule has 3 aromatic rings. The Morgan fingerprint density at radius 3 is 2.86 bits per heavy atom. The number of rotatable bonds is 3. The van der Waals surface area contributed by atoms with E-state index in [1.54, 1.807) is 18.3 Å². The van der Waals surface area contributed by atoms with E-state index in [1.165, 1.54) is 18.6 Å². The monoisotopic (exact) mass is 296 g/mol. The summed E-state index contributed by atoms with van der Waals surface area (Å²) in [5.41, 5.74) is 2.62. The second-order valence-corrected chi connectivity index (χ2v) is 5.75. The highest BCUT2D eigenvalue weighted by Crippen LogP contribution is 2.23. The van der Waals surface area contributed by atoms with Gasteiger partial charge in [0, 0.05) is 18.3 Å². The molecule has 112 valence electrons. The first-order valence-corrected chi connectivity index (χ1v) is 7.60. The fraction of sp³-hybridized carbons (Fsp3) is 0.294. The first-order chi connectivity index (χ1) is 10.8. The lowest BCUT2D eigenvalue weighted by atomic mass is 10.0. The van der Waals surface area contributed by atoms with Gasteiger partial charge in [-0.2, -0.15) is 0 Å². The Morgan fingerprint density at radius 1 is 1.23 bits per heavy atom. The minimum Gasteiger partial charge on any atom is -0.316 e. The van der Waals surface area contributed by atoms with E-state index >= 15 is 0 Å². The van der Waals surface area contributed by atoms with Crippen molar-refractivity contribution < 1.29 is 4.39 Å². The molecule has 0 spiro atoms. The van der Waals surface area contributed by atoms with Crippen molar-refractivity contribution >= 4 is 11.2 Å². The van der Waals surface area contributed by atoms with Crippen molar-refractivity contribution in [2.75, 3.05) is 13.1 Å². The Labute approximate surface area is 128 Å². The Hall–Kier alpha value is -2.27. The standard InChI is InChI=1S/C17H17FN4/c18-13-3-5-14(6-4-13)22-16(10-12-7-9-19-11-12)21-15-2-1-8-20-17(15)22/h1-6,8,12,19H,7,9-11H2. The average Bonchev–Trinajstić information content (AvgIpc) is 3.16. The van der Waals surface area contributed by atoms with Crippen LogP contribution in [0.2, 0.25) is 0 Å². The summed E-state index contributed by atoms with van der Waals surface area (Å²) in [4.78, 5) is 9.22. The number of aromatic nitrogens is 3. The molecule has 1 fully saturated rings. The van der Waals surface area contributed by atoms with Crippen molar-refractivity contribution in [3.8, 4) is 5.69 Å². The molecule has 22 heavy (non-hydrogen) atoms. The van der Waals surface area contributed by atoms with Crippen LogP contribution in [-0.4, -0.2) is 27.6 Å². The van der Waals surface area contributed by atoms with Crippen LogP contribution in [0.4, 0.5) is 4.39 Å². The van der Waals surface area contributed by atoms with Gasteiger partial charge in [-0.1, -0.05) is 0 Å². The molecule has 4 nitrogen and oxygen atoms in total. The fourth-order valence-corrected chi connectivity index (χ4v) is 3.10. The number of hydrogen-bond acceptors (Lipinski definition) is 3. The van der Waals surface area contributed by atoms with E-state index < -0.39 is 0 Å². The molecule has 1 N–H and O–H groups in total. The van der Waals surface area contributed by atoms with Gasteiger partial charge in [-0.15, -0.1) is 0 Å². The van der Waals surface area contributed by atoms with Crippen molar-refractivity contribution in [3.63, 3.8) is 0 Å². The molecule has 0 amide bonds. The molecule has 0 saturated carbocycles. The number of nitrogens with zero attached hydrogens (tertiary/aromatic N) is 3. The van der Waals surface area contributed by atoms with Gasteiger partial charge in [0.2, 0.25) is 0 Å². The molecule has 1 aliphatic heterocycles.